The van der Waals surface area contributed by atoms with E-state index in [4.69, 9.17) is 33.6 Å². The number of nitrogens with zero attached hydrogens (tertiary/aromatic N) is 2. The van der Waals surface area contributed by atoms with Crippen molar-refractivity contribution >= 4 is 39.2 Å². The van der Waals surface area contributed by atoms with Crippen molar-refractivity contribution in [3.63, 3.8) is 0 Å². The Balaban J connectivity index is 3.37. The van der Waals surface area contributed by atoms with E-state index < -0.39 is 32.5 Å². The highest BCUT2D eigenvalue weighted by Crippen LogP contribution is 2.32. The van der Waals surface area contributed by atoms with Crippen molar-refractivity contribution in [1.82, 2.24) is 4.31 Å². The van der Waals surface area contributed by atoms with E-state index in [1.165, 1.54) is 7.05 Å². The fourth-order valence-electron chi connectivity index (χ4n) is 1.62. The van der Waals surface area contributed by atoms with E-state index in [1.54, 1.807) is 6.92 Å². The molecule has 0 saturated heterocycles. The molecule has 1 N–H and O–H groups in total. The van der Waals surface area contributed by atoms with Gasteiger partial charge in [-0.3, -0.25) is 0 Å². The van der Waals surface area contributed by atoms with Crippen LogP contribution in [0.25, 0.3) is 0 Å². The van der Waals surface area contributed by atoms with Gasteiger partial charge in [-0.1, -0.05) is 23.2 Å². The van der Waals surface area contributed by atoms with Crippen molar-refractivity contribution in [3.8, 4) is 6.07 Å². The molecule has 114 valence electrons. The molecule has 1 unspecified atom stereocenters. The molecule has 0 heterocycles. The van der Waals surface area contributed by atoms with E-state index in [1.807, 2.05) is 6.07 Å². The standard InChI is InChI=1S/C12H12Cl2N2O4S/c1-7(5-15)6-16(2)21(19,20)9-4-3-8(13)10(11(9)14)12(17)18/h3-4,7H,6H2,1-2H3,(H,17,18). The molecule has 0 aliphatic rings. The number of hydrogen-bond acceptors (Lipinski definition) is 4. The molecule has 0 spiro atoms. The van der Waals surface area contributed by atoms with Crippen LogP contribution >= 0.6 is 23.2 Å². The molecule has 0 aromatic heterocycles. The van der Waals surface area contributed by atoms with Gasteiger partial charge in [0.15, 0.2) is 0 Å². The predicted octanol–water partition coefficient (Wildman–Crippen LogP) is 2.47. The Morgan fingerprint density at radius 1 is 1.48 bits per heavy atom. The van der Waals surface area contributed by atoms with Gasteiger partial charge in [-0.2, -0.15) is 9.57 Å². The number of rotatable bonds is 5. The van der Waals surface area contributed by atoms with E-state index in [9.17, 15) is 13.2 Å². The van der Waals surface area contributed by atoms with Crippen molar-refractivity contribution in [1.29, 1.82) is 5.26 Å². The summed E-state index contributed by atoms with van der Waals surface area (Å²) in [5.41, 5.74) is -0.471. The molecule has 0 aliphatic heterocycles. The topological polar surface area (TPSA) is 98.5 Å². The summed E-state index contributed by atoms with van der Waals surface area (Å²) in [4.78, 5) is 10.7. The highest BCUT2D eigenvalue weighted by atomic mass is 35.5. The van der Waals surface area contributed by atoms with E-state index in [0.29, 0.717) is 0 Å². The van der Waals surface area contributed by atoms with Gasteiger partial charge >= 0.3 is 5.97 Å². The van der Waals surface area contributed by atoms with Crippen LogP contribution in [0.1, 0.15) is 17.3 Å². The Morgan fingerprint density at radius 2 is 2.05 bits per heavy atom. The number of sulfonamides is 1. The summed E-state index contributed by atoms with van der Waals surface area (Å²) >= 11 is 11.6. The fourth-order valence-corrected chi connectivity index (χ4v) is 3.77. The highest BCUT2D eigenvalue weighted by Gasteiger charge is 2.28. The lowest BCUT2D eigenvalue weighted by Crippen LogP contribution is -2.31. The van der Waals surface area contributed by atoms with Gasteiger partial charge in [0.2, 0.25) is 10.0 Å². The van der Waals surface area contributed by atoms with E-state index in [2.05, 4.69) is 0 Å². The van der Waals surface area contributed by atoms with Crippen LogP contribution in [0.15, 0.2) is 17.0 Å². The molecule has 1 aromatic carbocycles. The van der Waals surface area contributed by atoms with E-state index in [-0.39, 0.29) is 16.5 Å². The highest BCUT2D eigenvalue weighted by molar-refractivity contribution is 7.89. The summed E-state index contributed by atoms with van der Waals surface area (Å²) in [6, 6.07) is 4.22. The summed E-state index contributed by atoms with van der Waals surface area (Å²) in [5.74, 6) is -1.94. The Hall–Kier alpha value is -1.33. The Bertz CT molecular complexity index is 713. The maximum Gasteiger partial charge on any atom is 0.338 e. The monoisotopic (exact) mass is 350 g/mol. The lowest BCUT2D eigenvalue weighted by molar-refractivity contribution is 0.0697. The first-order valence-electron chi connectivity index (χ1n) is 5.70. The minimum Gasteiger partial charge on any atom is -0.478 e. The van der Waals surface area contributed by atoms with Crippen LogP contribution in [0.2, 0.25) is 10.0 Å². The third-order valence-electron chi connectivity index (χ3n) is 2.71. The molecule has 0 amide bonds. The van der Waals surface area contributed by atoms with Gasteiger partial charge in [-0.05, 0) is 19.1 Å². The number of halogens is 2. The number of carboxylic acids is 1. The molecule has 0 aliphatic carbocycles. The Labute approximate surface area is 132 Å². The zero-order valence-electron chi connectivity index (χ0n) is 11.2. The number of hydrogen-bond donors (Lipinski definition) is 1. The molecule has 21 heavy (non-hydrogen) atoms. The van der Waals surface area contributed by atoms with Crippen LogP contribution in [-0.4, -0.2) is 37.4 Å². The molecule has 1 atom stereocenters. The van der Waals surface area contributed by atoms with Crippen molar-refractivity contribution < 1.29 is 18.3 Å². The van der Waals surface area contributed by atoms with Gasteiger partial charge in [0.1, 0.15) is 4.90 Å². The first-order chi connectivity index (χ1) is 9.62. The molecule has 0 fully saturated rings. The van der Waals surface area contributed by atoms with Gasteiger partial charge in [-0.15, -0.1) is 0 Å². The molecular weight excluding hydrogens is 339 g/mol. The maximum atomic E-state index is 12.4. The second-order valence-corrected chi connectivity index (χ2v) is 7.15. The summed E-state index contributed by atoms with van der Waals surface area (Å²) in [7, 11) is -2.73. The Morgan fingerprint density at radius 3 is 2.52 bits per heavy atom. The van der Waals surface area contributed by atoms with Crippen LogP contribution in [0.3, 0.4) is 0 Å². The zero-order valence-corrected chi connectivity index (χ0v) is 13.5. The van der Waals surface area contributed by atoms with Gasteiger partial charge in [0.25, 0.3) is 0 Å². The second-order valence-electron chi connectivity index (χ2n) is 4.36. The summed E-state index contributed by atoms with van der Waals surface area (Å²) in [6.45, 7) is 1.53. The SMILES string of the molecule is CC(C#N)CN(C)S(=O)(=O)c1ccc(Cl)c(C(=O)O)c1Cl. The van der Waals surface area contributed by atoms with Crippen LogP contribution in [0.4, 0.5) is 0 Å². The largest absolute Gasteiger partial charge is 0.478 e. The van der Waals surface area contributed by atoms with Gasteiger partial charge in [0.05, 0.1) is 27.6 Å². The molecule has 6 nitrogen and oxygen atoms in total. The number of aromatic carboxylic acids is 1. The van der Waals surface area contributed by atoms with Crippen molar-refractivity contribution in [2.75, 3.05) is 13.6 Å². The van der Waals surface area contributed by atoms with Crippen LogP contribution in [0.5, 0.6) is 0 Å². The normalized spacial score (nSPS) is 13.0. The minimum atomic E-state index is -4.02. The summed E-state index contributed by atoms with van der Waals surface area (Å²) < 4.78 is 25.7. The first kappa shape index (κ1) is 17.7. The second kappa shape index (κ2) is 6.62. The van der Waals surface area contributed by atoms with Crippen molar-refractivity contribution in [2.24, 2.45) is 5.92 Å². The van der Waals surface area contributed by atoms with E-state index in [0.717, 1.165) is 16.4 Å². The molecule has 9 heteroatoms. The van der Waals surface area contributed by atoms with Crippen molar-refractivity contribution in [3.05, 3.63) is 27.7 Å². The molecule has 0 bridgehead atoms. The fraction of sp³-hybridized carbons (Fsp3) is 0.333. The molecule has 0 saturated carbocycles. The van der Waals surface area contributed by atoms with Crippen LogP contribution < -0.4 is 0 Å². The molecule has 1 aromatic rings. The maximum absolute atomic E-state index is 12.4. The Kier molecular flexibility index (Phi) is 5.59. The van der Waals surface area contributed by atoms with Crippen molar-refractivity contribution in [2.45, 2.75) is 11.8 Å². The number of carboxylic acid groups (broad SMARTS) is 1. The molecule has 1 rings (SSSR count). The average Bonchev–Trinajstić information content (AvgIpc) is 2.37. The van der Waals surface area contributed by atoms with E-state index >= 15 is 0 Å². The molecule has 0 radical (unpaired) electrons. The average molecular weight is 351 g/mol. The lowest BCUT2D eigenvalue weighted by Gasteiger charge is -2.19. The summed E-state index contributed by atoms with van der Waals surface area (Å²) in [5, 5.41) is 17.2. The van der Waals surface area contributed by atoms with Gasteiger partial charge in [0, 0.05) is 13.6 Å². The van der Waals surface area contributed by atoms with Crippen LogP contribution in [-0.2, 0) is 10.0 Å². The smallest absolute Gasteiger partial charge is 0.338 e. The first-order valence-corrected chi connectivity index (χ1v) is 7.89. The number of carbonyl (C=O) groups is 1. The van der Waals surface area contributed by atoms with Gasteiger partial charge in [-0.25, -0.2) is 13.2 Å². The predicted molar refractivity (Wildman–Crippen MR) is 78.0 cm³/mol. The number of nitriles is 1. The third kappa shape index (κ3) is 3.66. The third-order valence-corrected chi connectivity index (χ3v) is 5.39. The minimum absolute atomic E-state index is 0.0415. The van der Waals surface area contributed by atoms with Crippen LogP contribution in [0, 0.1) is 17.2 Å². The summed E-state index contributed by atoms with van der Waals surface area (Å²) in [6.07, 6.45) is 0. The number of benzene rings is 1. The van der Waals surface area contributed by atoms with Gasteiger partial charge < -0.3 is 5.11 Å². The lowest BCUT2D eigenvalue weighted by atomic mass is 10.2. The molecular formula is C12H12Cl2N2O4S. The zero-order chi connectivity index (χ0) is 16.4. The quantitative estimate of drug-likeness (QED) is 0.879.